The van der Waals surface area contributed by atoms with Crippen LogP contribution in [0.15, 0.2) is 0 Å². The van der Waals surface area contributed by atoms with Crippen LogP contribution in [0.25, 0.3) is 0 Å². The van der Waals surface area contributed by atoms with E-state index in [9.17, 15) is 0 Å². The van der Waals surface area contributed by atoms with Gasteiger partial charge in [-0.05, 0) is 13.3 Å². The van der Waals surface area contributed by atoms with E-state index in [-0.39, 0.29) is 6.61 Å². The molecule has 0 saturated carbocycles. The van der Waals surface area contributed by atoms with Crippen molar-refractivity contribution in [2.24, 2.45) is 0 Å². The van der Waals surface area contributed by atoms with E-state index in [0.29, 0.717) is 12.1 Å². The summed E-state index contributed by atoms with van der Waals surface area (Å²) in [6.45, 7) is 4.47. The zero-order chi connectivity index (χ0) is 7.40. The second kappa shape index (κ2) is 3.91. The monoisotopic (exact) mass is 144 g/mol. The normalized spacial score (nSPS) is 34.2. The van der Waals surface area contributed by atoms with Gasteiger partial charge in [0.1, 0.15) is 0 Å². The molecule has 0 aromatic heterocycles. The van der Waals surface area contributed by atoms with Gasteiger partial charge in [-0.25, -0.2) is 0 Å². The van der Waals surface area contributed by atoms with Crippen LogP contribution < -0.4 is 10.6 Å². The summed E-state index contributed by atoms with van der Waals surface area (Å²) >= 11 is 0. The molecule has 1 rings (SSSR count). The molecule has 0 aliphatic carbocycles. The SMILES string of the molecule is CC1CNCC(CCO)N1. The van der Waals surface area contributed by atoms with Crippen molar-refractivity contribution in [1.82, 2.24) is 10.6 Å². The highest BCUT2D eigenvalue weighted by molar-refractivity contribution is 4.80. The summed E-state index contributed by atoms with van der Waals surface area (Å²) in [6, 6.07) is 1.01. The number of hydrogen-bond acceptors (Lipinski definition) is 3. The molecule has 3 heteroatoms. The number of aliphatic hydroxyl groups excluding tert-OH is 1. The van der Waals surface area contributed by atoms with Crippen molar-refractivity contribution in [2.45, 2.75) is 25.4 Å². The molecule has 1 aliphatic rings. The summed E-state index contributed by atoms with van der Waals surface area (Å²) in [4.78, 5) is 0. The fourth-order valence-corrected chi connectivity index (χ4v) is 1.34. The fourth-order valence-electron chi connectivity index (χ4n) is 1.34. The maximum absolute atomic E-state index is 8.64. The van der Waals surface area contributed by atoms with Gasteiger partial charge in [0, 0.05) is 31.8 Å². The highest BCUT2D eigenvalue weighted by Crippen LogP contribution is 1.96. The van der Waals surface area contributed by atoms with E-state index in [1.54, 1.807) is 0 Å². The van der Waals surface area contributed by atoms with E-state index in [1.165, 1.54) is 0 Å². The van der Waals surface area contributed by atoms with Gasteiger partial charge in [0.2, 0.25) is 0 Å². The van der Waals surface area contributed by atoms with Crippen molar-refractivity contribution < 1.29 is 5.11 Å². The third-order valence-corrected chi connectivity index (χ3v) is 1.84. The van der Waals surface area contributed by atoms with Gasteiger partial charge in [-0.15, -0.1) is 0 Å². The lowest BCUT2D eigenvalue weighted by atomic mass is 10.1. The van der Waals surface area contributed by atoms with Gasteiger partial charge in [0.25, 0.3) is 0 Å². The number of hydrogen-bond donors (Lipinski definition) is 3. The highest BCUT2D eigenvalue weighted by Gasteiger charge is 2.15. The van der Waals surface area contributed by atoms with Crippen molar-refractivity contribution >= 4 is 0 Å². The van der Waals surface area contributed by atoms with Crippen molar-refractivity contribution in [1.29, 1.82) is 0 Å². The molecule has 1 aliphatic heterocycles. The third kappa shape index (κ3) is 2.25. The Morgan fingerprint density at radius 1 is 1.50 bits per heavy atom. The molecule has 1 heterocycles. The maximum atomic E-state index is 8.64. The van der Waals surface area contributed by atoms with E-state index in [0.717, 1.165) is 19.5 Å². The van der Waals surface area contributed by atoms with Gasteiger partial charge in [-0.3, -0.25) is 0 Å². The molecular formula is C7H16N2O. The standard InChI is InChI=1S/C7H16N2O/c1-6-4-8-5-7(9-6)2-3-10/h6-10H,2-5H2,1H3. The molecule has 60 valence electrons. The van der Waals surface area contributed by atoms with E-state index < -0.39 is 0 Å². The van der Waals surface area contributed by atoms with Gasteiger partial charge in [0.05, 0.1) is 0 Å². The quantitative estimate of drug-likeness (QED) is 0.481. The summed E-state index contributed by atoms with van der Waals surface area (Å²) in [5, 5.41) is 15.3. The predicted molar refractivity (Wildman–Crippen MR) is 41.0 cm³/mol. The largest absolute Gasteiger partial charge is 0.396 e. The zero-order valence-electron chi connectivity index (χ0n) is 6.43. The van der Waals surface area contributed by atoms with Crippen molar-refractivity contribution in [2.75, 3.05) is 19.7 Å². The first-order valence-electron chi connectivity index (χ1n) is 3.90. The van der Waals surface area contributed by atoms with Crippen LogP contribution in [0.4, 0.5) is 0 Å². The molecule has 0 radical (unpaired) electrons. The van der Waals surface area contributed by atoms with E-state index >= 15 is 0 Å². The Morgan fingerprint density at radius 3 is 2.90 bits per heavy atom. The molecule has 0 spiro atoms. The second-order valence-corrected chi connectivity index (χ2v) is 2.94. The smallest absolute Gasteiger partial charge is 0.0446 e. The molecule has 0 amide bonds. The van der Waals surface area contributed by atoms with Crippen molar-refractivity contribution in [3.8, 4) is 0 Å². The molecule has 0 aromatic rings. The fraction of sp³-hybridized carbons (Fsp3) is 1.00. The first kappa shape index (κ1) is 7.98. The molecular weight excluding hydrogens is 128 g/mol. The van der Waals surface area contributed by atoms with Crippen LogP contribution in [0.2, 0.25) is 0 Å². The van der Waals surface area contributed by atoms with Crippen LogP contribution in [0.3, 0.4) is 0 Å². The Bertz CT molecular complexity index is 95.6. The Morgan fingerprint density at radius 2 is 2.30 bits per heavy atom. The molecule has 10 heavy (non-hydrogen) atoms. The number of aliphatic hydroxyl groups is 1. The average Bonchev–Trinajstić information content (AvgIpc) is 1.88. The van der Waals surface area contributed by atoms with Crippen molar-refractivity contribution in [3.05, 3.63) is 0 Å². The van der Waals surface area contributed by atoms with Gasteiger partial charge < -0.3 is 15.7 Å². The topological polar surface area (TPSA) is 44.3 Å². The van der Waals surface area contributed by atoms with Crippen LogP contribution in [-0.2, 0) is 0 Å². The molecule has 2 atom stereocenters. The van der Waals surface area contributed by atoms with Gasteiger partial charge in [-0.2, -0.15) is 0 Å². The van der Waals surface area contributed by atoms with E-state index in [1.807, 2.05) is 0 Å². The van der Waals surface area contributed by atoms with Crippen LogP contribution >= 0.6 is 0 Å². The van der Waals surface area contributed by atoms with Crippen LogP contribution in [0, 0.1) is 0 Å². The number of piperazine rings is 1. The molecule has 1 fully saturated rings. The van der Waals surface area contributed by atoms with Crippen molar-refractivity contribution in [3.63, 3.8) is 0 Å². The molecule has 3 N–H and O–H groups in total. The Hall–Kier alpha value is -0.120. The Labute approximate surface area is 61.8 Å². The Kier molecular flexibility index (Phi) is 3.12. The number of nitrogens with one attached hydrogen (secondary N) is 2. The van der Waals surface area contributed by atoms with E-state index in [2.05, 4.69) is 17.6 Å². The summed E-state index contributed by atoms with van der Waals surface area (Å²) < 4.78 is 0. The minimum atomic E-state index is 0.284. The molecule has 0 bridgehead atoms. The summed E-state index contributed by atoms with van der Waals surface area (Å²) in [5.41, 5.74) is 0. The molecule has 0 aromatic carbocycles. The van der Waals surface area contributed by atoms with Gasteiger partial charge in [-0.1, -0.05) is 0 Å². The highest BCUT2D eigenvalue weighted by atomic mass is 16.3. The number of rotatable bonds is 2. The molecule has 1 saturated heterocycles. The summed E-state index contributed by atoms with van der Waals surface area (Å²) in [7, 11) is 0. The van der Waals surface area contributed by atoms with Gasteiger partial charge in [0.15, 0.2) is 0 Å². The predicted octanol–water partition coefficient (Wildman–Crippen LogP) is -0.681. The lowest BCUT2D eigenvalue weighted by Crippen LogP contribution is -2.53. The van der Waals surface area contributed by atoms with Crippen LogP contribution in [0.5, 0.6) is 0 Å². The minimum absolute atomic E-state index is 0.284. The summed E-state index contributed by atoms with van der Waals surface area (Å²) in [5.74, 6) is 0. The lowest BCUT2D eigenvalue weighted by Gasteiger charge is -2.29. The summed E-state index contributed by atoms with van der Waals surface area (Å²) in [6.07, 6.45) is 0.858. The van der Waals surface area contributed by atoms with Crippen LogP contribution in [0.1, 0.15) is 13.3 Å². The first-order valence-corrected chi connectivity index (χ1v) is 3.90. The average molecular weight is 144 g/mol. The Balaban J connectivity index is 2.18. The third-order valence-electron chi connectivity index (χ3n) is 1.84. The maximum Gasteiger partial charge on any atom is 0.0446 e. The first-order chi connectivity index (χ1) is 4.83. The lowest BCUT2D eigenvalue weighted by molar-refractivity contribution is 0.242. The minimum Gasteiger partial charge on any atom is -0.396 e. The van der Waals surface area contributed by atoms with E-state index in [4.69, 9.17) is 5.11 Å². The second-order valence-electron chi connectivity index (χ2n) is 2.94. The van der Waals surface area contributed by atoms with Crippen LogP contribution in [-0.4, -0.2) is 36.9 Å². The van der Waals surface area contributed by atoms with Gasteiger partial charge >= 0.3 is 0 Å². The molecule has 2 unspecified atom stereocenters. The zero-order valence-corrected chi connectivity index (χ0v) is 6.43. The molecule has 3 nitrogen and oxygen atoms in total.